The normalized spacial score (nSPS) is 11.7. The molecule has 0 aliphatic rings. The van der Waals surface area contributed by atoms with Gasteiger partial charge in [0.1, 0.15) is 6.04 Å². The van der Waals surface area contributed by atoms with Gasteiger partial charge < -0.3 is 10.6 Å². The molecule has 26 heavy (non-hydrogen) atoms. The fourth-order valence-electron chi connectivity index (χ4n) is 2.63. The van der Waals surface area contributed by atoms with E-state index in [2.05, 4.69) is 17.6 Å². The van der Waals surface area contributed by atoms with Crippen LogP contribution in [-0.4, -0.2) is 29.9 Å². The second-order valence-corrected chi connectivity index (χ2v) is 7.21. The van der Waals surface area contributed by atoms with E-state index in [1.54, 1.807) is 17.8 Å². The molecule has 2 aromatic carbocycles. The lowest BCUT2D eigenvalue weighted by Gasteiger charge is -2.18. The smallest absolute Gasteiger partial charge is 0.251 e. The van der Waals surface area contributed by atoms with E-state index < -0.39 is 6.04 Å². The van der Waals surface area contributed by atoms with Crippen molar-refractivity contribution in [2.24, 2.45) is 0 Å². The van der Waals surface area contributed by atoms with Crippen LogP contribution >= 0.6 is 11.8 Å². The van der Waals surface area contributed by atoms with Crippen LogP contribution in [0, 0.1) is 6.92 Å². The second-order valence-electron chi connectivity index (χ2n) is 6.22. The van der Waals surface area contributed by atoms with E-state index in [0.717, 1.165) is 29.0 Å². The molecule has 0 aliphatic carbocycles. The summed E-state index contributed by atoms with van der Waals surface area (Å²) in [6.07, 6.45) is 3.48. The molecule has 1 unspecified atom stereocenters. The molecule has 2 aromatic rings. The molecule has 0 heterocycles. The molecule has 0 fully saturated rings. The van der Waals surface area contributed by atoms with Gasteiger partial charge in [-0.05, 0) is 61.6 Å². The molecule has 4 nitrogen and oxygen atoms in total. The average molecular weight is 371 g/mol. The topological polar surface area (TPSA) is 58.2 Å². The standard InChI is InChI=1S/C21H26N2O2S/c1-4-16-8-6-10-18(14-16)22-21(25)19(11-12-26-3)23-20(24)17-9-5-7-15(2)13-17/h5-10,13-14,19H,4,11-12H2,1-3H3,(H,22,25)(H,23,24). The lowest BCUT2D eigenvalue weighted by molar-refractivity contribution is -0.118. The van der Waals surface area contributed by atoms with Gasteiger partial charge in [0, 0.05) is 11.3 Å². The Balaban J connectivity index is 2.09. The largest absolute Gasteiger partial charge is 0.340 e. The highest BCUT2D eigenvalue weighted by Crippen LogP contribution is 2.13. The van der Waals surface area contributed by atoms with Crippen LogP contribution in [-0.2, 0) is 11.2 Å². The Morgan fingerprint density at radius 1 is 1.12 bits per heavy atom. The zero-order valence-corrected chi connectivity index (χ0v) is 16.4. The highest BCUT2D eigenvalue weighted by molar-refractivity contribution is 7.98. The van der Waals surface area contributed by atoms with Gasteiger partial charge in [-0.3, -0.25) is 9.59 Å². The van der Waals surface area contributed by atoms with Crippen molar-refractivity contribution in [3.05, 3.63) is 65.2 Å². The first-order valence-electron chi connectivity index (χ1n) is 8.79. The van der Waals surface area contributed by atoms with Gasteiger partial charge >= 0.3 is 0 Å². The Hall–Kier alpha value is -2.27. The quantitative estimate of drug-likeness (QED) is 0.737. The maximum atomic E-state index is 12.7. The minimum atomic E-state index is -0.569. The molecule has 2 amide bonds. The lowest BCUT2D eigenvalue weighted by Crippen LogP contribution is -2.44. The first-order valence-corrected chi connectivity index (χ1v) is 10.2. The lowest BCUT2D eigenvalue weighted by atomic mass is 10.1. The van der Waals surface area contributed by atoms with Crippen molar-refractivity contribution in [3.8, 4) is 0 Å². The summed E-state index contributed by atoms with van der Waals surface area (Å²) >= 11 is 1.65. The monoisotopic (exact) mass is 370 g/mol. The summed E-state index contributed by atoms with van der Waals surface area (Å²) in [7, 11) is 0. The molecule has 0 saturated heterocycles. The van der Waals surface area contributed by atoms with Gasteiger partial charge in [0.15, 0.2) is 0 Å². The van der Waals surface area contributed by atoms with E-state index in [1.807, 2.05) is 55.6 Å². The highest BCUT2D eigenvalue weighted by Gasteiger charge is 2.21. The van der Waals surface area contributed by atoms with Crippen molar-refractivity contribution in [1.82, 2.24) is 5.32 Å². The van der Waals surface area contributed by atoms with Crippen molar-refractivity contribution < 1.29 is 9.59 Å². The molecule has 5 heteroatoms. The predicted molar refractivity (Wildman–Crippen MR) is 110 cm³/mol. The number of anilines is 1. The number of nitrogens with one attached hydrogen (secondary N) is 2. The fourth-order valence-corrected chi connectivity index (χ4v) is 3.10. The van der Waals surface area contributed by atoms with Crippen molar-refractivity contribution in [1.29, 1.82) is 0 Å². The van der Waals surface area contributed by atoms with E-state index >= 15 is 0 Å². The maximum Gasteiger partial charge on any atom is 0.251 e. The minimum Gasteiger partial charge on any atom is -0.340 e. The van der Waals surface area contributed by atoms with Crippen molar-refractivity contribution in [2.45, 2.75) is 32.7 Å². The van der Waals surface area contributed by atoms with Crippen LogP contribution in [0.1, 0.15) is 34.8 Å². The Morgan fingerprint density at radius 2 is 1.88 bits per heavy atom. The molecule has 0 bridgehead atoms. The van der Waals surface area contributed by atoms with E-state index in [4.69, 9.17) is 0 Å². The molecule has 0 spiro atoms. The number of rotatable bonds is 8. The number of carbonyl (C=O) groups is 2. The van der Waals surface area contributed by atoms with Gasteiger partial charge in [0.25, 0.3) is 5.91 Å². The summed E-state index contributed by atoms with van der Waals surface area (Å²) in [5, 5.41) is 5.81. The van der Waals surface area contributed by atoms with Gasteiger partial charge in [0.05, 0.1) is 0 Å². The summed E-state index contributed by atoms with van der Waals surface area (Å²) in [5.41, 5.74) is 3.50. The molecule has 0 radical (unpaired) electrons. The molecular weight excluding hydrogens is 344 g/mol. The maximum absolute atomic E-state index is 12.7. The summed E-state index contributed by atoms with van der Waals surface area (Å²) in [6.45, 7) is 4.01. The SMILES string of the molecule is CCc1cccc(NC(=O)C(CCSC)NC(=O)c2cccc(C)c2)c1. The Labute approximate surface area is 159 Å². The number of hydrogen-bond donors (Lipinski definition) is 2. The third-order valence-corrected chi connectivity index (χ3v) is 4.76. The van der Waals surface area contributed by atoms with Gasteiger partial charge in [-0.1, -0.05) is 36.8 Å². The van der Waals surface area contributed by atoms with Crippen LogP contribution in [0.2, 0.25) is 0 Å². The van der Waals surface area contributed by atoms with Crippen LogP contribution in [0.5, 0.6) is 0 Å². The van der Waals surface area contributed by atoms with Gasteiger partial charge in [-0.15, -0.1) is 0 Å². The third kappa shape index (κ3) is 5.92. The van der Waals surface area contributed by atoms with Crippen molar-refractivity contribution in [2.75, 3.05) is 17.3 Å². The minimum absolute atomic E-state index is 0.187. The molecule has 0 aromatic heterocycles. The molecule has 138 valence electrons. The predicted octanol–water partition coefficient (Wildman–Crippen LogP) is 4.05. The van der Waals surface area contributed by atoms with Gasteiger partial charge in [-0.25, -0.2) is 0 Å². The molecule has 0 aliphatic heterocycles. The van der Waals surface area contributed by atoms with Crippen LogP contribution < -0.4 is 10.6 Å². The third-order valence-electron chi connectivity index (χ3n) is 4.12. The van der Waals surface area contributed by atoms with Gasteiger partial charge in [-0.2, -0.15) is 11.8 Å². The van der Waals surface area contributed by atoms with Gasteiger partial charge in [0.2, 0.25) is 5.91 Å². The molecule has 2 N–H and O–H groups in total. The van der Waals surface area contributed by atoms with Crippen LogP contribution in [0.15, 0.2) is 48.5 Å². The molecular formula is C21H26N2O2S. The molecule has 0 saturated carbocycles. The number of benzene rings is 2. The first-order chi connectivity index (χ1) is 12.5. The zero-order chi connectivity index (χ0) is 18.9. The van der Waals surface area contributed by atoms with Crippen LogP contribution in [0.3, 0.4) is 0 Å². The van der Waals surface area contributed by atoms with E-state index in [9.17, 15) is 9.59 Å². The Bertz CT molecular complexity index is 761. The number of hydrogen-bond acceptors (Lipinski definition) is 3. The zero-order valence-electron chi connectivity index (χ0n) is 15.5. The summed E-state index contributed by atoms with van der Waals surface area (Å²) in [4.78, 5) is 25.2. The highest BCUT2D eigenvalue weighted by atomic mass is 32.2. The molecule has 1 atom stereocenters. The van der Waals surface area contributed by atoms with Crippen molar-refractivity contribution >= 4 is 29.3 Å². The summed E-state index contributed by atoms with van der Waals surface area (Å²) < 4.78 is 0. The number of aryl methyl sites for hydroxylation is 2. The van der Waals surface area contributed by atoms with Crippen molar-refractivity contribution in [3.63, 3.8) is 0 Å². The average Bonchev–Trinajstić information content (AvgIpc) is 2.65. The number of thioether (sulfide) groups is 1. The Morgan fingerprint density at radius 3 is 2.58 bits per heavy atom. The summed E-state index contributed by atoms with van der Waals surface area (Å²) in [6, 6.07) is 14.6. The van der Waals surface area contributed by atoms with E-state index in [0.29, 0.717) is 12.0 Å². The fraction of sp³-hybridized carbons (Fsp3) is 0.333. The van der Waals surface area contributed by atoms with Crippen LogP contribution in [0.25, 0.3) is 0 Å². The first kappa shape index (κ1) is 20.0. The van der Waals surface area contributed by atoms with E-state index in [1.165, 1.54) is 0 Å². The second kappa shape index (κ2) is 10.0. The number of carbonyl (C=O) groups excluding carboxylic acids is 2. The molecule has 2 rings (SSSR count). The Kier molecular flexibility index (Phi) is 7.73. The van der Waals surface area contributed by atoms with Crippen LogP contribution in [0.4, 0.5) is 5.69 Å². The number of amides is 2. The summed E-state index contributed by atoms with van der Waals surface area (Å²) in [5.74, 6) is 0.381. The van der Waals surface area contributed by atoms with E-state index in [-0.39, 0.29) is 11.8 Å².